The number of halogens is 3. The Balaban J connectivity index is 2.08. The van der Waals surface area contributed by atoms with Crippen molar-refractivity contribution in [2.24, 2.45) is 5.92 Å². The molecule has 11 heteroatoms. The van der Waals surface area contributed by atoms with Crippen molar-refractivity contribution in [1.29, 1.82) is 0 Å². The van der Waals surface area contributed by atoms with Gasteiger partial charge in [-0.1, -0.05) is 79.0 Å². The molecule has 2 amide bonds. The first-order valence-electron chi connectivity index (χ1n) is 12.7. The summed E-state index contributed by atoms with van der Waals surface area (Å²) in [7, 11) is -4.20. The molecule has 0 aromatic heterocycles. The van der Waals surface area contributed by atoms with E-state index in [4.69, 9.17) is 34.8 Å². The number of hydrogen-bond donors (Lipinski definition) is 1. The third-order valence-corrected chi connectivity index (χ3v) is 9.25. The van der Waals surface area contributed by atoms with E-state index in [-0.39, 0.29) is 29.0 Å². The Kier molecular flexibility index (Phi) is 10.9. The van der Waals surface area contributed by atoms with Crippen LogP contribution in [-0.4, -0.2) is 44.3 Å². The van der Waals surface area contributed by atoms with Gasteiger partial charge in [0.2, 0.25) is 11.8 Å². The Morgan fingerprint density at radius 2 is 1.43 bits per heavy atom. The van der Waals surface area contributed by atoms with Gasteiger partial charge in [0.15, 0.2) is 0 Å². The Morgan fingerprint density at radius 3 is 2.02 bits per heavy atom. The van der Waals surface area contributed by atoms with Crippen LogP contribution in [0.4, 0.5) is 5.69 Å². The number of nitrogens with zero attached hydrogens (tertiary/aromatic N) is 2. The summed E-state index contributed by atoms with van der Waals surface area (Å²) in [5, 5.41) is 3.83. The number of carbonyl (C=O) groups excluding carboxylic acids is 2. The van der Waals surface area contributed by atoms with Gasteiger partial charge in [-0.25, -0.2) is 8.42 Å². The molecule has 1 atom stereocenters. The molecular formula is C29H32Cl3N3O4S. The second-order valence-corrected chi connectivity index (χ2v) is 12.8. The standard InChI is InChI=1S/C29H32Cl3N3O4S/c1-19(2)16-33-29(37)21(4)34(17-23-25(31)13-8-14-26(23)32)28(36)18-35(27-15-9-12-24(30)20(27)3)40(38,39)22-10-6-5-7-11-22/h5-15,19,21H,16-18H2,1-4H3,(H,33,37)/t21-/m1/s1. The van der Waals surface area contributed by atoms with Gasteiger partial charge >= 0.3 is 0 Å². The number of anilines is 1. The minimum absolute atomic E-state index is 0.00518. The number of sulfonamides is 1. The lowest BCUT2D eigenvalue weighted by atomic mass is 10.1. The zero-order valence-corrected chi connectivity index (χ0v) is 25.8. The fraction of sp³-hybridized carbons (Fsp3) is 0.310. The Hall–Kier alpha value is -2.78. The van der Waals surface area contributed by atoms with Gasteiger partial charge in [0.05, 0.1) is 10.6 Å². The van der Waals surface area contributed by atoms with Crippen LogP contribution < -0.4 is 9.62 Å². The molecule has 3 rings (SSSR count). The van der Waals surface area contributed by atoms with E-state index in [0.29, 0.717) is 32.7 Å². The number of carbonyl (C=O) groups is 2. The van der Waals surface area contributed by atoms with E-state index in [9.17, 15) is 18.0 Å². The maximum absolute atomic E-state index is 14.0. The summed E-state index contributed by atoms with van der Waals surface area (Å²) in [6.07, 6.45) is 0. The van der Waals surface area contributed by atoms with E-state index in [2.05, 4.69) is 5.32 Å². The smallest absolute Gasteiger partial charge is 0.264 e. The van der Waals surface area contributed by atoms with Gasteiger partial charge in [-0.05, 0) is 61.7 Å². The predicted molar refractivity (Wildman–Crippen MR) is 161 cm³/mol. The number of amides is 2. The lowest BCUT2D eigenvalue weighted by Gasteiger charge is -2.33. The highest BCUT2D eigenvalue weighted by Gasteiger charge is 2.33. The Labute approximate surface area is 251 Å². The summed E-state index contributed by atoms with van der Waals surface area (Å²) < 4.78 is 28.8. The van der Waals surface area contributed by atoms with E-state index in [1.165, 1.54) is 17.0 Å². The highest BCUT2D eigenvalue weighted by Crippen LogP contribution is 2.32. The first-order valence-corrected chi connectivity index (χ1v) is 15.2. The molecule has 3 aromatic carbocycles. The maximum Gasteiger partial charge on any atom is 0.264 e. The lowest BCUT2D eigenvalue weighted by Crippen LogP contribution is -2.51. The second kappa shape index (κ2) is 13.7. The van der Waals surface area contributed by atoms with Crippen LogP contribution in [0.25, 0.3) is 0 Å². The van der Waals surface area contributed by atoms with Crippen LogP contribution in [0, 0.1) is 12.8 Å². The van der Waals surface area contributed by atoms with E-state index in [0.717, 1.165) is 4.31 Å². The van der Waals surface area contributed by atoms with Crippen molar-refractivity contribution in [3.63, 3.8) is 0 Å². The molecule has 1 N–H and O–H groups in total. The minimum atomic E-state index is -4.20. The Bertz CT molecular complexity index is 1450. The van der Waals surface area contributed by atoms with Crippen molar-refractivity contribution in [2.75, 3.05) is 17.4 Å². The fourth-order valence-electron chi connectivity index (χ4n) is 3.99. The quantitative estimate of drug-likeness (QED) is 0.270. The molecule has 0 radical (unpaired) electrons. The van der Waals surface area contributed by atoms with Crippen molar-refractivity contribution in [2.45, 2.75) is 45.2 Å². The molecule has 0 unspecified atom stereocenters. The van der Waals surface area contributed by atoms with Crippen LogP contribution in [-0.2, 0) is 26.2 Å². The first-order chi connectivity index (χ1) is 18.8. The summed E-state index contributed by atoms with van der Waals surface area (Å²) in [5.41, 5.74) is 1.18. The largest absolute Gasteiger partial charge is 0.354 e. The molecule has 0 saturated carbocycles. The number of benzene rings is 3. The van der Waals surface area contributed by atoms with Crippen LogP contribution in [0.15, 0.2) is 71.6 Å². The Morgan fingerprint density at radius 1 is 0.850 bits per heavy atom. The summed E-state index contributed by atoms with van der Waals surface area (Å²) in [6, 6.07) is 16.6. The van der Waals surface area contributed by atoms with E-state index >= 15 is 0 Å². The second-order valence-electron chi connectivity index (χ2n) is 9.75. The van der Waals surface area contributed by atoms with Gasteiger partial charge in [0, 0.05) is 33.7 Å². The lowest BCUT2D eigenvalue weighted by molar-refractivity contribution is -0.139. The average Bonchev–Trinajstić information content (AvgIpc) is 2.92. The summed E-state index contributed by atoms with van der Waals surface area (Å²) in [4.78, 5) is 28.4. The molecule has 0 spiro atoms. The molecule has 0 bridgehead atoms. The number of nitrogens with one attached hydrogen (secondary N) is 1. The average molecular weight is 625 g/mol. The van der Waals surface area contributed by atoms with Gasteiger partial charge in [-0.15, -0.1) is 0 Å². The molecule has 7 nitrogen and oxygen atoms in total. The number of rotatable bonds is 11. The third kappa shape index (κ3) is 7.49. The van der Waals surface area contributed by atoms with Crippen LogP contribution in [0.3, 0.4) is 0 Å². The molecule has 0 fully saturated rings. The monoisotopic (exact) mass is 623 g/mol. The zero-order valence-electron chi connectivity index (χ0n) is 22.7. The van der Waals surface area contributed by atoms with Crippen LogP contribution in [0.2, 0.25) is 15.1 Å². The van der Waals surface area contributed by atoms with Crippen molar-refractivity contribution in [3.05, 3.63) is 92.9 Å². The van der Waals surface area contributed by atoms with Crippen LogP contribution in [0.5, 0.6) is 0 Å². The molecule has 0 aliphatic heterocycles. The summed E-state index contributed by atoms with van der Waals surface area (Å²) >= 11 is 19.2. The minimum Gasteiger partial charge on any atom is -0.354 e. The van der Waals surface area contributed by atoms with E-state index in [1.807, 2.05) is 13.8 Å². The molecule has 40 heavy (non-hydrogen) atoms. The predicted octanol–water partition coefficient (Wildman–Crippen LogP) is 6.34. The maximum atomic E-state index is 14.0. The molecular weight excluding hydrogens is 593 g/mol. The van der Waals surface area contributed by atoms with Crippen molar-refractivity contribution in [1.82, 2.24) is 10.2 Å². The molecule has 0 aliphatic carbocycles. The molecule has 0 saturated heterocycles. The zero-order chi connectivity index (χ0) is 29.6. The highest BCUT2D eigenvalue weighted by atomic mass is 35.5. The summed E-state index contributed by atoms with van der Waals surface area (Å²) in [6.45, 7) is 6.88. The van der Waals surface area contributed by atoms with E-state index < -0.39 is 28.5 Å². The topological polar surface area (TPSA) is 86.8 Å². The van der Waals surface area contributed by atoms with Gasteiger partial charge in [-0.3, -0.25) is 13.9 Å². The van der Waals surface area contributed by atoms with Crippen LogP contribution >= 0.6 is 34.8 Å². The summed E-state index contributed by atoms with van der Waals surface area (Å²) in [5.74, 6) is -0.820. The normalized spacial score (nSPS) is 12.2. The fourth-order valence-corrected chi connectivity index (χ4v) is 6.17. The third-order valence-electron chi connectivity index (χ3n) is 6.36. The first kappa shape index (κ1) is 31.7. The van der Waals surface area contributed by atoms with Crippen LogP contribution in [0.1, 0.15) is 31.9 Å². The SMILES string of the molecule is Cc1c(Cl)cccc1N(CC(=O)N(Cc1c(Cl)cccc1Cl)[C@H](C)C(=O)NCC(C)C)S(=O)(=O)c1ccccc1. The van der Waals surface area contributed by atoms with Gasteiger partial charge in [-0.2, -0.15) is 0 Å². The van der Waals surface area contributed by atoms with E-state index in [1.54, 1.807) is 68.4 Å². The number of hydrogen-bond acceptors (Lipinski definition) is 4. The van der Waals surface area contributed by atoms with Crippen molar-refractivity contribution < 1.29 is 18.0 Å². The van der Waals surface area contributed by atoms with Gasteiger partial charge in [0.1, 0.15) is 12.6 Å². The molecule has 214 valence electrons. The highest BCUT2D eigenvalue weighted by molar-refractivity contribution is 7.92. The van der Waals surface area contributed by atoms with Gasteiger partial charge < -0.3 is 10.2 Å². The van der Waals surface area contributed by atoms with Crippen molar-refractivity contribution in [3.8, 4) is 0 Å². The van der Waals surface area contributed by atoms with Gasteiger partial charge in [0.25, 0.3) is 10.0 Å². The van der Waals surface area contributed by atoms with Crippen molar-refractivity contribution >= 4 is 62.3 Å². The molecule has 0 heterocycles. The molecule has 3 aromatic rings. The molecule has 0 aliphatic rings.